The molecule has 16 heavy (non-hydrogen) atoms. The molecule has 0 radical (unpaired) electrons. The highest BCUT2D eigenvalue weighted by Gasteiger charge is 2.14. The van der Waals surface area contributed by atoms with E-state index < -0.39 is 0 Å². The van der Waals surface area contributed by atoms with Gasteiger partial charge in [-0.2, -0.15) is 0 Å². The van der Waals surface area contributed by atoms with Crippen molar-refractivity contribution in [2.24, 2.45) is 12.8 Å². The third-order valence-corrected chi connectivity index (χ3v) is 3.37. The number of fused-ring (bicyclic) bond motifs is 1. The van der Waals surface area contributed by atoms with E-state index in [1.165, 1.54) is 0 Å². The molecule has 0 spiro atoms. The summed E-state index contributed by atoms with van der Waals surface area (Å²) in [5.74, 6) is 0. The Morgan fingerprint density at radius 2 is 2.19 bits per heavy atom. The number of rotatable bonds is 2. The summed E-state index contributed by atoms with van der Waals surface area (Å²) < 4.78 is 2.00. The number of hydrogen-bond donors (Lipinski definition) is 2. The van der Waals surface area contributed by atoms with Crippen molar-refractivity contribution in [3.63, 3.8) is 0 Å². The monoisotopic (exact) mass is 238 g/mol. The van der Waals surface area contributed by atoms with Gasteiger partial charge in [0, 0.05) is 23.7 Å². The van der Waals surface area contributed by atoms with Crippen molar-refractivity contribution in [2.75, 3.05) is 6.61 Å². The van der Waals surface area contributed by atoms with Crippen LogP contribution in [0.5, 0.6) is 0 Å². The van der Waals surface area contributed by atoms with Crippen LogP contribution in [0.3, 0.4) is 0 Å². The second-order valence-electron chi connectivity index (χ2n) is 4.05. The molecular formula is C12H15ClN2O. The lowest BCUT2D eigenvalue weighted by Crippen LogP contribution is -2.13. The second-order valence-corrected chi connectivity index (χ2v) is 4.46. The first-order valence-electron chi connectivity index (χ1n) is 5.16. The molecule has 0 bridgehead atoms. The van der Waals surface area contributed by atoms with Crippen LogP contribution in [0.2, 0.25) is 5.02 Å². The zero-order chi connectivity index (χ0) is 11.9. The Morgan fingerprint density at radius 1 is 1.50 bits per heavy atom. The van der Waals surface area contributed by atoms with Crippen molar-refractivity contribution in [3.05, 3.63) is 34.5 Å². The lowest BCUT2D eigenvalue weighted by Gasteiger charge is -2.07. The molecule has 4 heteroatoms. The van der Waals surface area contributed by atoms with Crippen LogP contribution in [0.25, 0.3) is 10.9 Å². The maximum Gasteiger partial charge on any atom is 0.0625 e. The number of hydrogen-bond acceptors (Lipinski definition) is 2. The number of aliphatic hydroxyl groups is 1. The summed E-state index contributed by atoms with van der Waals surface area (Å²) in [6.45, 7) is 1.93. The number of nitrogens with zero attached hydrogens (tertiary/aromatic N) is 1. The minimum atomic E-state index is -0.343. The maximum atomic E-state index is 9.12. The molecule has 2 rings (SSSR count). The third kappa shape index (κ3) is 1.61. The van der Waals surface area contributed by atoms with Crippen molar-refractivity contribution in [3.8, 4) is 0 Å². The topological polar surface area (TPSA) is 51.2 Å². The fraction of sp³-hybridized carbons (Fsp3) is 0.333. The first-order chi connectivity index (χ1) is 7.56. The lowest BCUT2D eigenvalue weighted by atomic mass is 10.1. The smallest absolute Gasteiger partial charge is 0.0625 e. The van der Waals surface area contributed by atoms with Gasteiger partial charge in [0.05, 0.1) is 18.2 Å². The second kappa shape index (κ2) is 4.09. The molecule has 0 saturated carbocycles. The average Bonchev–Trinajstić information content (AvgIpc) is 2.61. The van der Waals surface area contributed by atoms with Gasteiger partial charge in [-0.05, 0) is 24.1 Å². The van der Waals surface area contributed by atoms with Crippen LogP contribution in [0.15, 0.2) is 18.3 Å². The highest BCUT2D eigenvalue weighted by atomic mass is 35.5. The summed E-state index contributed by atoms with van der Waals surface area (Å²) in [6.07, 6.45) is 1.95. The molecule has 1 aromatic carbocycles. The Hall–Kier alpha value is -1.03. The summed E-state index contributed by atoms with van der Waals surface area (Å²) >= 11 is 6.09. The van der Waals surface area contributed by atoms with Crippen LogP contribution in [-0.2, 0) is 7.05 Å². The third-order valence-electron chi connectivity index (χ3n) is 2.96. The van der Waals surface area contributed by atoms with E-state index in [1.807, 2.05) is 36.9 Å². The predicted octanol–water partition coefficient (Wildman–Crippen LogP) is 2.13. The number of aliphatic hydroxyl groups excluding tert-OH is 1. The fourth-order valence-electron chi connectivity index (χ4n) is 2.10. The zero-order valence-corrected chi connectivity index (χ0v) is 10.1. The summed E-state index contributed by atoms with van der Waals surface area (Å²) in [5, 5.41) is 10.9. The summed E-state index contributed by atoms with van der Waals surface area (Å²) in [5.41, 5.74) is 8.94. The molecule has 3 N–H and O–H groups in total. The van der Waals surface area contributed by atoms with Gasteiger partial charge in [-0.3, -0.25) is 0 Å². The fourth-order valence-corrected chi connectivity index (χ4v) is 2.25. The van der Waals surface area contributed by atoms with Gasteiger partial charge in [0.1, 0.15) is 0 Å². The van der Waals surface area contributed by atoms with Crippen molar-refractivity contribution in [1.29, 1.82) is 0 Å². The molecular weight excluding hydrogens is 224 g/mol. The minimum absolute atomic E-state index is 0.0548. The summed E-state index contributed by atoms with van der Waals surface area (Å²) in [7, 11) is 1.96. The molecule has 0 fully saturated rings. The molecule has 1 unspecified atom stereocenters. The maximum absolute atomic E-state index is 9.12. The van der Waals surface area contributed by atoms with Gasteiger partial charge in [0.15, 0.2) is 0 Å². The van der Waals surface area contributed by atoms with Crippen LogP contribution >= 0.6 is 11.6 Å². The van der Waals surface area contributed by atoms with Gasteiger partial charge in [-0.1, -0.05) is 17.7 Å². The Balaban J connectivity index is 2.77. The molecule has 0 aliphatic rings. The van der Waals surface area contributed by atoms with Gasteiger partial charge in [-0.25, -0.2) is 0 Å². The predicted molar refractivity (Wildman–Crippen MR) is 66.7 cm³/mol. The SMILES string of the molecule is Cc1c(Cl)ccc2c(C(N)CO)cn(C)c12. The summed E-state index contributed by atoms with van der Waals surface area (Å²) in [4.78, 5) is 0. The molecule has 2 aromatic rings. The van der Waals surface area contributed by atoms with Crippen LogP contribution in [-0.4, -0.2) is 16.3 Å². The molecule has 0 amide bonds. The zero-order valence-electron chi connectivity index (χ0n) is 9.37. The van der Waals surface area contributed by atoms with Crippen molar-refractivity contribution < 1.29 is 5.11 Å². The molecule has 0 aliphatic heterocycles. The van der Waals surface area contributed by atoms with E-state index in [1.54, 1.807) is 0 Å². The quantitative estimate of drug-likeness (QED) is 0.842. The number of aryl methyl sites for hydroxylation is 2. The first kappa shape index (κ1) is 11.5. The van der Waals surface area contributed by atoms with Crippen LogP contribution in [0, 0.1) is 6.92 Å². The van der Waals surface area contributed by atoms with Crippen LogP contribution in [0.4, 0.5) is 0 Å². The normalized spacial score (nSPS) is 13.3. The molecule has 3 nitrogen and oxygen atoms in total. The number of nitrogens with two attached hydrogens (primary N) is 1. The first-order valence-corrected chi connectivity index (χ1v) is 5.54. The number of halogens is 1. The van der Waals surface area contributed by atoms with E-state index in [0.717, 1.165) is 27.1 Å². The van der Waals surface area contributed by atoms with Crippen molar-refractivity contribution in [2.45, 2.75) is 13.0 Å². The van der Waals surface area contributed by atoms with E-state index in [0.29, 0.717) is 0 Å². The molecule has 86 valence electrons. The molecule has 1 heterocycles. The van der Waals surface area contributed by atoms with E-state index in [9.17, 15) is 0 Å². The van der Waals surface area contributed by atoms with Gasteiger partial charge in [0.2, 0.25) is 0 Å². The Labute approximate surface area is 99.4 Å². The van der Waals surface area contributed by atoms with Crippen molar-refractivity contribution >= 4 is 22.5 Å². The van der Waals surface area contributed by atoms with Crippen molar-refractivity contribution in [1.82, 2.24) is 4.57 Å². The van der Waals surface area contributed by atoms with E-state index in [-0.39, 0.29) is 12.6 Å². The molecule has 0 aliphatic carbocycles. The lowest BCUT2D eigenvalue weighted by molar-refractivity contribution is 0.268. The Bertz CT molecular complexity index is 533. The summed E-state index contributed by atoms with van der Waals surface area (Å²) in [6, 6.07) is 3.48. The van der Waals surface area contributed by atoms with Gasteiger partial charge < -0.3 is 15.4 Å². The molecule has 1 aromatic heterocycles. The molecule has 1 atom stereocenters. The number of benzene rings is 1. The van der Waals surface area contributed by atoms with Crippen LogP contribution in [0.1, 0.15) is 17.2 Å². The Kier molecular flexibility index (Phi) is 2.93. The van der Waals surface area contributed by atoms with Gasteiger partial charge in [-0.15, -0.1) is 0 Å². The minimum Gasteiger partial charge on any atom is -0.394 e. The van der Waals surface area contributed by atoms with Gasteiger partial charge in [0.25, 0.3) is 0 Å². The highest BCUT2D eigenvalue weighted by molar-refractivity contribution is 6.32. The number of aromatic nitrogens is 1. The van der Waals surface area contributed by atoms with E-state index in [2.05, 4.69) is 0 Å². The van der Waals surface area contributed by atoms with Crippen LogP contribution < -0.4 is 5.73 Å². The highest BCUT2D eigenvalue weighted by Crippen LogP contribution is 2.30. The Morgan fingerprint density at radius 3 is 2.81 bits per heavy atom. The average molecular weight is 239 g/mol. The van der Waals surface area contributed by atoms with E-state index >= 15 is 0 Å². The van der Waals surface area contributed by atoms with E-state index in [4.69, 9.17) is 22.4 Å². The largest absolute Gasteiger partial charge is 0.394 e. The molecule has 0 saturated heterocycles. The van der Waals surface area contributed by atoms with Gasteiger partial charge >= 0.3 is 0 Å². The standard InChI is InChI=1S/C12H15ClN2O/c1-7-10(13)4-3-8-9(11(14)6-16)5-15(2)12(7)8/h3-5,11,16H,6,14H2,1-2H3.